The molecule has 0 aliphatic heterocycles. The first kappa shape index (κ1) is 17.9. The summed E-state index contributed by atoms with van der Waals surface area (Å²) in [6.07, 6.45) is 2.46. The molecule has 0 spiro atoms. The van der Waals surface area contributed by atoms with Gasteiger partial charge in [0.05, 0.1) is 14.2 Å². The Morgan fingerprint density at radius 1 is 1.00 bits per heavy atom. The third-order valence-electron chi connectivity index (χ3n) is 3.62. The predicted molar refractivity (Wildman–Crippen MR) is 90.3 cm³/mol. The molecule has 0 bridgehead atoms. The SMILES string of the molecule is C=CCc1cc(CNCc2ccc(F)c(F)c2)cc(OC)c1OC. The van der Waals surface area contributed by atoms with Crippen LogP contribution in [-0.4, -0.2) is 14.2 Å². The molecule has 0 saturated heterocycles. The van der Waals surface area contributed by atoms with E-state index in [1.165, 1.54) is 6.07 Å². The second kappa shape index (κ2) is 8.45. The number of halogens is 2. The number of hydrogen-bond acceptors (Lipinski definition) is 3. The summed E-state index contributed by atoms with van der Waals surface area (Å²) < 4.78 is 36.9. The molecular weight excluding hydrogens is 312 g/mol. The Hall–Kier alpha value is -2.40. The molecule has 0 atom stereocenters. The molecule has 0 aliphatic rings. The lowest BCUT2D eigenvalue weighted by molar-refractivity contribution is 0.351. The van der Waals surface area contributed by atoms with Crippen molar-refractivity contribution >= 4 is 0 Å². The monoisotopic (exact) mass is 333 g/mol. The lowest BCUT2D eigenvalue weighted by Gasteiger charge is -2.15. The Kier molecular flexibility index (Phi) is 6.32. The summed E-state index contributed by atoms with van der Waals surface area (Å²) in [5, 5.41) is 3.21. The molecule has 0 fully saturated rings. The van der Waals surface area contributed by atoms with Crippen molar-refractivity contribution in [3.05, 3.63) is 71.3 Å². The van der Waals surface area contributed by atoms with E-state index in [4.69, 9.17) is 9.47 Å². The van der Waals surface area contributed by atoms with Gasteiger partial charge in [0.15, 0.2) is 23.1 Å². The second-order valence-corrected chi connectivity index (χ2v) is 5.34. The van der Waals surface area contributed by atoms with Crippen LogP contribution in [0.25, 0.3) is 0 Å². The number of ether oxygens (including phenoxy) is 2. The standard InChI is InChI=1S/C19H21F2NO2/c1-4-5-15-8-14(10-18(23-2)19(15)24-3)12-22-11-13-6-7-16(20)17(21)9-13/h4,6-10,22H,1,5,11-12H2,2-3H3. The third-order valence-corrected chi connectivity index (χ3v) is 3.62. The summed E-state index contributed by atoms with van der Waals surface area (Å²) >= 11 is 0. The van der Waals surface area contributed by atoms with Gasteiger partial charge >= 0.3 is 0 Å². The first-order valence-corrected chi connectivity index (χ1v) is 7.58. The molecular formula is C19H21F2NO2. The van der Waals surface area contributed by atoms with Gasteiger partial charge in [0.2, 0.25) is 0 Å². The van der Waals surface area contributed by atoms with Gasteiger partial charge in [-0.2, -0.15) is 0 Å². The second-order valence-electron chi connectivity index (χ2n) is 5.34. The van der Waals surface area contributed by atoms with Crippen molar-refractivity contribution in [3.63, 3.8) is 0 Å². The summed E-state index contributed by atoms with van der Waals surface area (Å²) in [6.45, 7) is 4.75. The van der Waals surface area contributed by atoms with Gasteiger partial charge < -0.3 is 14.8 Å². The zero-order valence-electron chi connectivity index (χ0n) is 13.9. The van der Waals surface area contributed by atoms with Crippen molar-refractivity contribution in [1.29, 1.82) is 0 Å². The third kappa shape index (κ3) is 4.32. The van der Waals surface area contributed by atoms with Crippen LogP contribution in [0.2, 0.25) is 0 Å². The van der Waals surface area contributed by atoms with Gasteiger partial charge in [0.25, 0.3) is 0 Å². The molecule has 128 valence electrons. The minimum atomic E-state index is -0.840. The van der Waals surface area contributed by atoms with E-state index in [0.29, 0.717) is 36.6 Å². The van der Waals surface area contributed by atoms with E-state index in [1.54, 1.807) is 26.4 Å². The van der Waals surface area contributed by atoms with E-state index in [9.17, 15) is 8.78 Å². The van der Waals surface area contributed by atoms with Crippen molar-refractivity contribution in [1.82, 2.24) is 5.32 Å². The minimum absolute atomic E-state index is 0.433. The van der Waals surface area contributed by atoms with E-state index < -0.39 is 11.6 Å². The summed E-state index contributed by atoms with van der Waals surface area (Å²) in [6, 6.07) is 7.79. The highest BCUT2D eigenvalue weighted by molar-refractivity contribution is 5.50. The van der Waals surface area contributed by atoms with Crippen molar-refractivity contribution in [3.8, 4) is 11.5 Å². The summed E-state index contributed by atoms with van der Waals surface area (Å²) in [5.74, 6) is -0.329. The van der Waals surface area contributed by atoms with Crippen molar-refractivity contribution in [2.75, 3.05) is 14.2 Å². The first-order chi connectivity index (χ1) is 11.6. The summed E-state index contributed by atoms with van der Waals surface area (Å²) in [7, 11) is 3.19. The van der Waals surface area contributed by atoms with Crippen LogP contribution in [0.15, 0.2) is 43.0 Å². The maximum absolute atomic E-state index is 13.2. The zero-order valence-corrected chi connectivity index (χ0v) is 13.9. The van der Waals surface area contributed by atoms with Crippen molar-refractivity contribution in [2.24, 2.45) is 0 Å². The molecule has 0 heterocycles. The molecule has 3 nitrogen and oxygen atoms in total. The lowest BCUT2D eigenvalue weighted by Crippen LogP contribution is -2.13. The number of methoxy groups -OCH3 is 2. The Morgan fingerprint density at radius 2 is 1.75 bits per heavy atom. The van der Waals surface area contributed by atoms with Crippen LogP contribution in [0.3, 0.4) is 0 Å². The molecule has 0 aliphatic carbocycles. The van der Waals surface area contributed by atoms with Gasteiger partial charge in [0.1, 0.15) is 0 Å². The Bertz CT molecular complexity index is 717. The molecule has 1 N–H and O–H groups in total. The number of nitrogens with one attached hydrogen (secondary N) is 1. The van der Waals surface area contributed by atoms with Gasteiger partial charge in [-0.1, -0.05) is 18.2 Å². The Balaban J connectivity index is 2.09. The normalized spacial score (nSPS) is 10.5. The van der Waals surface area contributed by atoms with Gasteiger partial charge in [-0.05, 0) is 35.7 Å². The molecule has 2 rings (SSSR count). The van der Waals surface area contributed by atoms with Gasteiger partial charge in [-0.3, -0.25) is 0 Å². The number of benzene rings is 2. The molecule has 0 saturated carbocycles. The Labute approximate surface area is 140 Å². The van der Waals surface area contributed by atoms with Gasteiger partial charge in [-0.25, -0.2) is 8.78 Å². The van der Waals surface area contributed by atoms with Crippen molar-refractivity contribution < 1.29 is 18.3 Å². The first-order valence-electron chi connectivity index (χ1n) is 7.58. The van der Waals surface area contributed by atoms with Crippen LogP contribution in [-0.2, 0) is 19.5 Å². The van der Waals surface area contributed by atoms with Crippen LogP contribution in [0.4, 0.5) is 8.78 Å². The van der Waals surface area contributed by atoms with Crippen LogP contribution in [0.1, 0.15) is 16.7 Å². The highest BCUT2D eigenvalue weighted by atomic mass is 19.2. The number of hydrogen-bond donors (Lipinski definition) is 1. The fraction of sp³-hybridized carbons (Fsp3) is 0.263. The highest BCUT2D eigenvalue weighted by Crippen LogP contribution is 2.33. The number of rotatable bonds is 8. The molecule has 0 amide bonds. The van der Waals surface area contributed by atoms with E-state index in [-0.39, 0.29) is 0 Å². The molecule has 0 unspecified atom stereocenters. The van der Waals surface area contributed by atoms with Crippen LogP contribution >= 0.6 is 0 Å². The fourth-order valence-corrected chi connectivity index (χ4v) is 2.52. The number of allylic oxidation sites excluding steroid dienone is 1. The summed E-state index contributed by atoms with van der Waals surface area (Å²) in [5.41, 5.74) is 2.67. The molecule has 2 aromatic carbocycles. The predicted octanol–water partition coefficient (Wildman–Crippen LogP) is 4.00. The minimum Gasteiger partial charge on any atom is -0.493 e. The molecule has 5 heteroatoms. The van der Waals surface area contributed by atoms with Gasteiger partial charge in [-0.15, -0.1) is 6.58 Å². The topological polar surface area (TPSA) is 30.5 Å². The van der Waals surface area contributed by atoms with Crippen LogP contribution in [0.5, 0.6) is 11.5 Å². The zero-order chi connectivity index (χ0) is 17.5. The molecule has 2 aromatic rings. The van der Waals surface area contributed by atoms with E-state index in [1.807, 2.05) is 12.1 Å². The average molecular weight is 333 g/mol. The van der Waals surface area contributed by atoms with Gasteiger partial charge in [0, 0.05) is 18.7 Å². The maximum atomic E-state index is 13.2. The van der Waals surface area contributed by atoms with Crippen molar-refractivity contribution in [2.45, 2.75) is 19.5 Å². The van der Waals surface area contributed by atoms with E-state index >= 15 is 0 Å². The summed E-state index contributed by atoms with van der Waals surface area (Å²) in [4.78, 5) is 0. The Morgan fingerprint density at radius 3 is 2.38 bits per heavy atom. The smallest absolute Gasteiger partial charge is 0.164 e. The lowest BCUT2D eigenvalue weighted by atomic mass is 10.1. The van der Waals surface area contributed by atoms with Crippen LogP contribution < -0.4 is 14.8 Å². The average Bonchev–Trinajstić information content (AvgIpc) is 2.58. The highest BCUT2D eigenvalue weighted by Gasteiger charge is 2.11. The molecule has 0 radical (unpaired) electrons. The largest absolute Gasteiger partial charge is 0.493 e. The fourth-order valence-electron chi connectivity index (χ4n) is 2.52. The quantitative estimate of drug-likeness (QED) is 0.741. The van der Waals surface area contributed by atoms with E-state index in [2.05, 4.69) is 11.9 Å². The van der Waals surface area contributed by atoms with Crippen LogP contribution in [0, 0.1) is 11.6 Å². The van der Waals surface area contributed by atoms with E-state index in [0.717, 1.165) is 17.2 Å². The molecule has 0 aromatic heterocycles. The maximum Gasteiger partial charge on any atom is 0.164 e. The molecule has 24 heavy (non-hydrogen) atoms.